The molecular weight excluding hydrogens is 600 g/mol. The Balaban J connectivity index is 2.09. The van der Waals surface area contributed by atoms with Crippen molar-refractivity contribution in [3.63, 3.8) is 0 Å². The van der Waals surface area contributed by atoms with Gasteiger partial charge in [-0.05, 0) is 78.4 Å². The van der Waals surface area contributed by atoms with Gasteiger partial charge in [-0.3, -0.25) is 4.79 Å². The number of benzene rings is 1. The van der Waals surface area contributed by atoms with Crippen molar-refractivity contribution in [2.75, 3.05) is 11.5 Å². The summed E-state index contributed by atoms with van der Waals surface area (Å²) in [7, 11) is -2.15. The van der Waals surface area contributed by atoms with Gasteiger partial charge < -0.3 is 13.9 Å². The van der Waals surface area contributed by atoms with Crippen LogP contribution in [-0.2, 0) is 18.7 Å². The molecule has 1 aromatic carbocycles. The van der Waals surface area contributed by atoms with Crippen molar-refractivity contribution in [3.05, 3.63) is 45.4 Å². The summed E-state index contributed by atoms with van der Waals surface area (Å²) in [6.45, 7) is 19.1. The van der Waals surface area contributed by atoms with Crippen molar-refractivity contribution >= 4 is 59.7 Å². The van der Waals surface area contributed by atoms with E-state index in [1.54, 1.807) is 12.1 Å². The Morgan fingerprint density at radius 3 is 2.21 bits per heavy atom. The molecule has 1 aliphatic carbocycles. The van der Waals surface area contributed by atoms with Crippen LogP contribution < -0.4 is 0 Å². The molecule has 0 spiro atoms. The normalized spacial score (nSPS) is 23.6. The second kappa shape index (κ2) is 12.4. The first kappa shape index (κ1) is 31.8. The highest BCUT2D eigenvalue weighted by molar-refractivity contribution is 9.10. The Morgan fingerprint density at radius 2 is 1.68 bits per heavy atom. The van der Waals surface area contributed by atoms with Crippen molar-refractivity contribution < 1.29 is 23.5 Å². The van der Waals surface area contributed by atoms with Crippen molar-refractivity contribution in [3.8, 4) is 0 Å². The predicted octanol–water partition coefficient (Wildman–Crippen LogP) is 8.24. The maximum atomic E-state index is 13.5. The average molecular weight is 644 g/mol. The van der Waals surface area contributed by atoms with Crippen LogP contribution in [0.15, 0.2) is 39.9 Å². The lowest BCUT2D eigenvalue weighted by molar-refractivity contribution is -0.147. The molecule has 1 fully saturated rings. The van der Waals surface area contributed by atoms with Gasteiger partial charge in [-0.2, -0.15) is 0 Å². The first-order chi connectivity index (χ1) is 17.5. The molecule has 0 amide bonds. The van der Waals surface area contributed by atoms with E-state index >= 15 is 0 Å². The van der Waals surface area contributed by atoms with Gasteiger partial charge in [0.05, 0.1) is 16.2 Å². The van der Waals surface area contributed by atoms with Crippen LogP contribution in [0, 0.1) is 5.41 Å². The van der Waals surface area contributed by atoms with Crippen molar-refractivity contribution in [1.29, 1.82) is 0 Å². The third-order valence-electron chi connectivity index (χ3n) is 8.08. The van der Waals surface area contributed by atoms with E-state index in [2.05, 4.69) is 63.6 Å². The van der Waals surface area contributed by atoms with Crippen molar-refractivity contribution in [2.24, 2.45) is 5.41 Å². The summed E-state index contributed by atoms with van der Waals surface area (Å²) in [6, 6.07) is 7.26. The first-order valence-electron chi connectivity index (χ1n) is 13.3. The SMILES string of the molecule is CC(=O)O[C@H]1C[C@@H](O[Si](C)(C)C(C)(C)C)C(C)(C)C([C@H](OC(=O)c2ccc(Br)cc2)C2SCCCS2)=C1C. The summed E-state index contributed by atoms with van der Waals surface area (Å²) in [5.74, 6) is 1.38. The monoisotopic (exact) mass is 642 g/mol. The van der Waals surface area contributed by atoms with E-state index in [0.29, 0.717) is 12.0 Å². The standard InChI is InChI=1S/C29H43BrO5S2Si/c1-18-22(33-19(2)31)17-23(35-38(8,9)28(3,4)5)29(6,7)24(18)25(27-36-15-10-16-37-27)34-26(32)20-11-13-21(30)14-12-20/h11-14,22-23,25,27H,10,15-17H2,1-9H3/t22-,23+,25-/m0/s1. The van der Waals surface area contributed by atoms with Crippen LogP contribution in [-0.4, -0.2) is 54.7 Å². The quantitative estimate of drug-likeness (QED) is 0.169. The first-order valence-corrected chi connectivity index (χ1v) is 19.1. The van der Waals surface area contributed by atoms with Crippen LogP contribution in [0.2, 0.25) is 18.1 Å². The van der Waals surface area contributed by atoms with Gasteiger partial charge in [-0.15, -0.1) is 23.5 Å². The van der Waals surface area contributed by atoms with Crippen LogP contribution in [0.25, 0.3) is 0 Å². The van der Waals surface area contributed by atoms with E-state index in [9.17, 15) is 9.59 Å². The number of halogens is 1. The number of esters is 2. The third kappa shape index (κ3) is 7.31. The van der Waals surface area contributed by atoms with E-state index < -0.39 is 25.9 Å². The van der Waals surface area contributed by atoms with Gasteiger partial charge in [0.1, 0.15) is 12.2 Å². The van der Waals surface area contributed by atoms with Crippen molar-refractivity contribution in [2.45, 2.75) is 102 Å². The summed E-state index contributed by atoms with van der Waals surface area (Å²) >= 11 is 7.14. The summed E-state index contributed by atoms with van der Waals surface area (Å²) < 4.78 is 20.3. The van der Waals surface area contributed by atoms with Gasteiger partial charge in [0.25, 0.3) is 0 Å². The number of ether oxygens (including phenoxy) is 2. The van der Waals surface area contributed by atoms with E-state index in [1.165, 1.54) is 6.92 Å². The number of carbonyl (C=O) groups is 2. The fourth-order valence-electron chi connectivity index (χ4n) is 4.88. The van der Waals surface area contributed by atoms with Crippen LogP contribution in [0.1, 0.15) is 71.7 Å². The fourth-order valence-corrected chi connectivity index (χ4v) is 9.56. The summed E-state index contributed by atoms with van der Waals surface area (Å²) in [5, 5.41) is 0.0267. The molecule has 5 nitrogen and oxygen atoms in total. The summed E-state index contributed by atoms with van der Waals surface area (Å²) in [4.78, 5) is 25.6. The van der Waals surface area contributed by atoms with Gasteiger partial charge >= 0.3 is 11.9 Å². The summed E-state index contributed by atoms with van der Waals surface area (Å²) in [6.07, 6.45) is 0.651. The zero-order chi connectivity index (χ0) is 28.5. The van der Waals surface area contributed by atoms with E-state index in [0.717, 1.165) is 33.5 Å². The number of carbonyl (C=O) groups excluding carboxylic acids is 2. The second-order valence-corrected chi connectivity index (χ2v) is 20.8. The minimum absolute atomic E-state index is 0.0267. The van der Waals surface area contributed by atoms with Gasteiger partial charge in [0, 0.05) is 23.2 Å². The highest BCUT2D eigenvalue weighted by Crippen LogP contribution is 2.51. The highest BCUT2D eigenvalue weighted by atomic mass is 79.9. The molecule has 1 aromatic rings. The minimum Gasteiger partial charge on any atom is -0.458 e. The zero-order valence-electron chi connectivity index (χ0n) is 24.2. The maximum absolute atomic E-state index is 13.5. The Kier molecular flexibility index (Phi) is 10.4. The van der Waals surface area contributed by atoms with Crippen LogP contribution in [0.4, 0.5) is 0 Å². The Hall–Kier alpha value is -0.743. The molecule has 0 unspecified atom stereocenters. The zero-order valence-corrected chi connectivity index (χ0v) is 28.4. The molecule has 38 heavy (non-hydrogen) atoms. The molecule has 0 radical (unpaired) electrons. The molecule has 1 heterocycles. The summed E-state index contributed by atoms with van der Waals surface area (Å²) in [5.41, 5.74) is 2.08. The molecule has 3 atom stereocenters. The Labute approximate surface area is 246 Å². The Morgan fingerprint density at radius 1 is 1.11 bits per heavy atom. The molecule has 1 aliphatic heterocycles. The fraction of sp³-hybridized carbons (Fsp3) is 0.655. The lowest BCUT2D eigenvalue weighted by Gasteiger charge is -2.51. The largest absolute Gasteiger partial charge is 0.458 e. The van der Waals surface area contributed by atoms with Gasteiger partial charge in [0.15, 0.2) is 8.32 Å². The molecule has 9 heteroatoms. The number of hydrogen-bond acceptors (Lipinski definition) is 7. The average Bonchev–Trinajstić information content (AvgIpc) is 2.81. The molecule has 0 saturated carbocycles. The van der Waals surface area contributed by atoms with Gasteiger partial charge in [-0.1, -0.05) is 50.5 Å². The van der Waals surface area contributed by atoms with E-state index in [4.69, 9.17) is 13.9 Å². The molecule has 0 aromatic heterocycles. The molecule has 0 N–H and O–H groups in total. The topological polar surface area (TPSA) is 61.8 Å². The molecular formula is C29H43BrO5S2Si. The molecule has 1 saturated heterocycles. The lowest BCUT2D eigenvalue weighted by Crippen LogP contribution is -2.54. The Bertz CT molecular complexity index is 1040. The number of hydrogen-bond donors (Lipinski definition) is 0. The van der Waals surface area contributed by atoms with Crippen molar-refractivity contribution in [1.82, 2.24) is 0 Å². The second-order valence-electron chi connectivity index (χ2n) is 12.3. The molecule has 212 valence electrons. The van der Waals surface area contributed by atoms with Crippen LogP contribution in [0.3, 0.4) is 0 Å². The lowest BCUT2D eigenvalue weighted by atomic mass is 9.68. The maximum Gasteiger partial charge on any atom is 0.338 e. The van der Waals surface area contributed by atoms with Crippen LogP contribution >= 0.6 is 39.5 Å². The number of rotatable bonds is 7. The van der Waals surface area contributed by atoms with E-state index in [1.807, 2.05) is 42.6 Å². The van der Waals surface area contributed by atoms with Gasteiger partial charge in [-0.25, -0.2) is 4.79 Å². The van der Waals surface area contributed by atoms with Crippen LogP contribution in [0.5, 0.6) is 0 Å². The third-order valence-corrected chi connectivity index (χ3v) is 16.1. The molecule has 2 aliphatic rings. The van der Waals surface area contributed by atoms with E-state index in [-0.39, 0.29) is 27.7 Å². The molecule has 0 bridgehead atoms. The number of thioether (sulfide) groups is 2. The molecule has 3 rings (SSSR count). The smallest absolute Gasteiger partial charge is 0.338 e. The minimum atomic E-state index is -2.15. The highest BCUT2D eigenvalue weighted by Gasteiger charge is 2.51. The predicted molar refractivity (Wildman–Crippen MR) is 165 cm³/mol. The van der Waals surface area contributed by atoms with Gasteiger partial charge in [0.2, 0.25) is 0 Å².